The molecule has 1 N–H and O–H groups in total. The van der Waals surface area contributed by atoms with Gasteiger partial charge in [-0.05, 0) is 49.2 Å². The number of carbonyl (C=O) groups is 1. The van der Waals surface area contributed by atoms with Gasteiger partial charge in [0, 0.05) is 36.9 Å². The molecule has 3 rings (SSSR count). The number of piperazine rings is 1. The highest BCUT2D eigenvalue weighted by molar-refractivity contribution is 6.36. The standard InChI is InChI=1S/C20H23Cl2N3O/c1-14-4-3-5-19(15(14)2)25-10-8-24(9-11-25)13-20(26)23-18-7-6-16(21)12-17(18)22/h3-7,12H,8-11,13H2,1-2H3,(H,23,26). The molecule has 0 unspecified atom stereocenters. The Balaban J connectivity index is 1.53. The van der Waals surface area contributed by atoms with Crippen molar-refractivity contribution in [3.63, 3.8) is 0 Å². The molecule has 1 saturated heterocycles. The second kappa shape index (κ2) is 8.30. The lowest BCUT2D eigenvalue weighted by Crippen LogP contribution is -2.48. The van der Waals surface area contributed by atoms with Crippen LogP contribution in [0.4, 0.5) is 11.4 Å². The van der Waals surface area contributed by atoms with Gasteiger partial charge >= 0.3 is 0 Å². The van der Waals surface area contributed by atoms with E-state index >= 15 is 0 Å². The number of amides is 1. The number of hydrogen-bond acceptors (Lipinski definition) is 3. The van der Waals surface area contributed by atoms with E-state index in [0.717, 1.165) is 26.2 Å². The Morgan fingerprint density at radius 2 is 1.81 bits per heavy atom. The Kier molecular flexibility index (Phi) is 6.07. The largest absolute Gasteiger partial charge is 0.369 e. The van der Waals surface area contributed by atoms with E-state index in [1.54, 1.807) is 18.2 Å². The number of nitrogens with one attached hydrogen (secondary N) is 1. The van der Waals surface area contributed by atoms with Gasteiger partial charge in [-0.25, -0.2) is 0 Å². The third-order valence-corrected chi connectivity index (χ3v) is 5.41. The molecule has 0 atom stereocenters. The Hall–Kier alpha value is -1.75. The quantitative estimate of drug-likeness (QED) is 0.839. The van der Waals surface area contributed by atoms with Gasteiger partial charge in [-0.1, -0.05) is 35.3 Å². The number of nitrogens with zero attached hydrogens (tertiary/aromatic N) is 2. The number of carbonyl (C=O) groups excluding carboxylic acids is 1. The summed E-state index contributed by atoms with van der Waals surface area (Å²) in [6, 6.07) is 11.5. The average molecular weight is 392 g/mol. The van der Waals surface area contributed by atoms with Gasteiger partial charge in [0.05, 0.1) is 17.3 Å². The molecule has 4 nitrogen and oxygen atoms in total. The van der Waals surface area contributed by atoms with E-state index in [2.05, 4.69) is 47.2 Å². The molecule has 1 fully saturated rings. The van der Waals surface area contributed by atoms with Crippen LogP contribution in [-0.4, -0.2) is 43.5 Å². The van der Waals surface area contributed by atoms with E-state index < -0.39 is 0 Å². The Morgan fingerprint density at radius 1 is 1.08 bits per heavy atom. The lowest BCUT2D eigenvalue weighted by atomic mass is 10.1. The lowest BCUT2D eigenvalue weighted by Gasteiger charge is -2.36. The molecule has 0 saturated carbocycles. The van der Waals surface area contributed by atoms with Gasteiger partial charge in [0.2, 0.25) is 5.91 Å². The maximum atomic E-state index is 12.3. The fourth-order valence-electron chi connectivity index (χ4n) is 3.21. The fourth-order valence-corrected chi connectivity index (χ4v) is 3.66. The monoisotopic (exact) mass is 391 g/mol. The maximum absolute atomic E-state index is 12.3. The molecule has 0 spiro atoms. The SMILES string of the molecule is Cc1cccc(N2CCN(CC(=O)Nc3ccc(Cl)cc3Cl)CC2)c1C. The molecule has 1 aliphatic rings. The second-order valence-corrected chi connectivity index (χ2v) is 7.50. The summed E-state index contributed by atoms with van der Waals surface area (Å²) in [5.41, 5.74) is 4.53. The van der Waals surface area contributed by atoms with Crippen molar-refractivity contribution in [3.05, 3.63) is 57.6 Å². The normalized spacial score (nSPS) is 15.2. The van der Waals surface area contributed by atoms with E-state index in [1.165, 1.54) is 16.8 Å². The van der Waals surface area contributed by atoms with Crippen LogP contribution < -0.4 is 10.2 Å². The van der Waals surface area contributed by atoms with Gasteiger partial charge in [-0.15, -0.1) is 0 Å². The van der Waals surface area contributed by atoms with Gasteiger partial charge < -0.3 is 10.2 Å². The predicted octanol–water partition coefficient (Wildman–Crippen LogP) is 4.37. The van der Waals surface area contributed by atoms with Crippen molar-refractivity contribution in [1.82, 2.24) is 4.90 Å². The molecule has 26 heavy (non-hydrogen) atoms. The van der Waals surface area contributed by atoms with E-state index in [-0.39, 0.29) is 5.91 Å². The average Bonchev–Trinajstić information content (AvgIpc) is 2.61. The summed E-state index contributed by atoms with van der Waals surface area (Å²) in [6.45, 7) is 8.21. The zero-order valence-electron chi connectivity index (χ0n) is 15.1. The van der Waals surface area contributed by atoms with E-state index in [1.807, 2.05) is 0 Å². The summed E-state index contributed by atoms with van der Waals surface area (Å²) in [5.74, 6) is -0.0607. The van der Waals surface area contributed by atoms with Crippen molar-refractivity contribution < 1.29 is 4.79 Å². The summed E-state index contributed by atoms with van der Waals surface area (Å²) in [5, 5.41) is 3.86. The number of anilines is 2. The van der Waals surface area contributed by atoms with Gasteiger partial charge in [-0.2, -0.15) is 0 Å². The van der Waals surface area contributed by atoms with Crippen LogP contribution in [0.1, 0.15) is 11.1 Å². The lowest BCUT2D eigenvalue weighted by molar-refractivity contribution is -0.117. The van der Waals surface area contributed by atoms with Gasteiger partial charge in [-0.3, -0.25) is 9.69 Å². The van der Waals surface area contributed by atoms with Crippen molar-refractivity contribution in [2.24, 2.45) is 0 Å². The molecule has 1 aliphatic heterocycles. The van der Waals surface area contributed by atoms with Crippen LogP contribution in [0.25, 0.3) is 0 Å². The first-order valence-corrected chi connectivity index (χ1v) is 9.48. The predicted molar refractivity (Wildman–Crippen MR) is 110 cm³/mol. The van der Waals surface area contributed by atoms with Crippen LogP contribution in [0.15, 0.2) is 36.4 Å². The third-order valence-electron chi connectivity index (χ3n) is 4.86. The van der Waals surface area contributed by atoms with E-state index in [0.29, 0.717) is 22.3 Å². The van der Waals surface area contributed by atoms with Crippen LogP contribution in [0.2, 0.25) is 10.0 Å². The number of halogens is 2. The minimum atomic E-state index is -0.0607. The zero-order chi connectivity index (χ0) is 18.7. The molecule has 0 radical (unpaired) electrons. The van der Waals surface area contributed by atoms with Crippen molar-refractivity contribution in [1.29, 1.82) is 0 Å². The summed E-state index contributed by atoms with van der Waals surface area (Å²) >= 11 is 12.0. The molecule has 2 aromatic carbocycles. The van der Waals surface area contributed by atoms with Gasteiger partial charge in [0.1, 0.15) is 0 Å². The molecule has 1 amide bonds. The van der Waals surface area contributed by atoms with Crippen LogP contribution in [0.5, 0.6) is 0 Å². The molecule has 1 heterocycles. The first-order chi connectivity index (χ1) is 12.4. The van der Waals surface area contributed by atoms with Crippen molar-refractivity contribution in [3.8, 4) is 0 Å². The summed E-state index contributed by atoms with van der Waals surface area (Å²) in [6.07, 6.45) is 0. The molecular weight excluding hydrogens is 369 g/mol. The molecule has 0 aromatic heterocycles. The minimum Gasteiger partial charge on any atom is -0.369 e. The first-order valence-electron chi connectivity index (χ1n) is 8.72. The molecule has 2 aromatic rings. The number of benzene rings is 2. The summed E-state index contributed by atoms with van der Waals surface area (Å²) < 4.78 is 0. The highest BCUT2D eigenvalue weighted by Crippen LogP contribution is 2.26. The summed E-state index contributed by atoms with van der Waals surface area (Å²) in [4.78, 5) is 16.9. The maximum Gasteiger partial charge on any atom is 0.238 e. The smallest absolute Gasteiger partial charge is 0.238 e. The van der Waals surface area contributed by atoms with Crippen molar-refractivity contribution in [2.45, 2.75) is 13.8 Å². The Labute approximate surface area is 164 Å². The minimum absolute atomic E-state index is 0.0607. The molecule has 138 valence electrons. The van der Waals surface area contributed by atoms with Crippen LogP contribution in [0, 0.1) is 13.8 Å². The van der Waals surface area contributed by atoms with Gasteiger partial charge in [0.15, 0.2) is 0 Å². The molecule has 6 heteroatoms. The first kappa shape index (κ1) is 19.0. The van der Waals surface area contributed by atoms with Crippen LogP contribution in [0.3, 0.4) is 0 Å². The van der Waals surface area contributed by atoms with Crippen molar-refractivity contribution >= 4 is 40.5 Å². The van der Waals surface area contributed by atoms with Crippen LogP contribution >= 0.6 is 23.2 Å². The second-order valence-electron chi connectivity index (χ2n) is 6.65. The zero-order valence-corrected chi connectivity index (χ0v) is 16.6. The molecule has 0 bridgehead atoms. The van der Waals surface area contributed by atoms with Gasteiger partial charge in [0.25, 0.3) is 0 Å². The van der Waals surface area contributed by atoms with Crippen LogP contribution in [-0.2, 0) is 4.79 Å². The topological polar surface area (TPSA) is 35.6 Å². The highest BCUT2D eigenvalue weighted by atomic mass is 35.5. The Bertz CT molecular complexity index is 802. The molecule has 0 aliphatic carbocycles. The Morgan fingerprint density at radius 3 is 2.50 bits per heavy atom. The van der Waals surface area contributed by atoms with E-state index in [9.17, 15) is 4.79 Å². The fraction of sp³-hybridized carbons (Fsp3) is 0.350. The summed E-state index contributed by atoms with van der Waals surface area (Å²) in [7, 11) is 0. The van der Waals surface area contributed by atoms with E-state index in [4.69, 9.17) is 23.2 Å². The number of rotatable bonds is 4. The third kappa shape index (κ3) is 4.50. The van der Waals surface area contributed by atoms with Crippen molar-refractivity contribution in [2.75, 3.05) is 42.9 Å². The molecular formula is C20H23Cl2N3O. The number of aryl methyl sites for hydroxylation is 1. The number of hydrogen-bond donors (Lipinski definition) is 1. The highest BCUT2D eigenvalue weighted by Gasteiger charge is 2.20.